The van der Waals surface area contributed by atoms with E-state index in [-0.39, 0.29) is 0 Å². The summed E-state index contributed by atoms with van der Waals surface area (Å²) in [5.74, 6) is 2.01. The minimum Gasteiger partial charge on any atom is -0.367 e. The quantitative estimate of drug-likeness (QED) is 0.544. The van der Waals surface area contributed by atoms with Gasteiger partial charge in [0.1, 0.15) is 5.82 Å². The Morgan fingerprint density at radius 1 is 1.04 bits per heavy atom. The van der Waals surface area contributed by atoms with Crippen molar-refractivity contribution in [3.05, 3.63) is 67.8 Å². The van der Waals surface area contributed by atoms with Crippen LogP contribution in [0.5, 0.6) is 0 Å². The molecule has 0 fully saturated rings. The molecule has 146 valence electrons. The fraction of sp³-hybridized carbons (Fsp3) is 0.318. The van der Waals surface area contributed by atoms with E-state index in [4.69, 9.17) is 5.10 Å². The molecule has 28 heavy (non-hydrogen) atoms. The number of benzene rings is 1. The van der Waals surface area contributed by atoms with E-state index in [9.17, 15) is 0 Å². The first-order valence-electron chi connectivity index (χ1n) is 9.61. The first-order chi connectivity index (χ1) is 13.6. The Hall–Kier alpha value is -2.99. The third kappa shape index (κ3) is 4.46. The standard InChI is InChI=1S/C22H28N6/c1-5-14-27(15-6-2)19(17(3)4)16-23-20-12-13-21-24-25-22(28(21)26-20)18-10-8-7-9-11-18/h5-13,17,19H,1-2,14-16H2,3-4H3,(H,23,26). The molecule has 6 nitrogen and oxygen atoms in total. The lowest BCUT2D eigenvalue weighted by molar-refractivity contribution is 0.199. The van der Waals surface area contributed by atoms with Crippen LogP contribution in [0.2, 0.25) is 0 Å². The summed E-state index contributed by atoms with van der Waals surface area (Å²) in [4.78, 5) is 2.37. The summed E-state index contributed by atoms with van der Waals surface area (Å²) >= 11 is 0. The average Bonchev–Trinajstić information content (AvgIpc) is 3.12. The van der Waals surface area contributed by atoms with Gasteiger partial charge >= 0.3 is 0 Å². The lowest BCUT2D eigenvalue weighted by Gasteiger charge is -2.33. The second-order valence-electron chi connectivity index (χ2n) is 7.10. The summed E-state index contributed by atoms with van der Waals surface area (Å²) in [5.41, 5.74) is 1.72. The maximum atomic E-state index is 4.72. The molecule has 6 heteroatoms. The Bertz CT molecular complexity index is 905. The maximum absolute atomic E-state index is 4.72. The minimum atomic E-state index is 0.336. The monoisotopic (exact) mass is 376 g/mol. The van der Waals surface area contributed by atoms with Crippen LogP contribution in [0.4, 0.5) is 5.82 Å². The molecule has 0 radical (unpaired) electrons. The van der Waals surface area contributed by atoms with Crippen LogP contribution in [0.25, 0.3) is 17.0 Å². The van der Waals surface area contributed by atoms with Gasteiger partial charge in [-0.3, -0.25) is 4.90 Å². The van der Waals surface area contributed by atoms with Crippen molar-refractivity contribution in [3.8, 4) is 11.4 Å². The van der Waals surface area contributed by atoms with Crippen molar-refractivity contribution >= 4 is 11.5 Å². The van der Waals surface area contributed by atoms with E-state index in [2.05, 4.69) is 47.4 Å². The number of nitrogens with zero attached hydrogens (tertiary/aromatic N) is 5. The van der Waals surface area contributed by atoms with Gasteiger partial charge in [0.2, 0.25) is 0 Å². The van der Waals surface area contributed by atoms with E-state index in [1.54, 1.807) is 4.52 Å². The van der Waals surface area contributed by atoms with E-state index in [1.165, 1.54) is 0 Å². The van der Waals surface area contributed by atoms with Gasteiger partial charge in [-0.2, -0.15) is 4.52 Å². The van der Waals surface area contributed by atoms with Gasteiger partial charge in [-0.15, -0.1) is 28.5 Å². The minimum absolute atomic E-state index is 0.336. The smallest absolute Gasteiger partial charge is 0.185 e. The topological polar surface area (TPSA) is 58.3 Å². The number of nitrogens with one attached hydrogen (secondary N) is 1. The highest BCUT2D eigenvalue weighted by Crippen LogP contribution is 2.18. The molecule has 1 atom stereocenters. The molecule has 2 aromatic heterocycles. The van der Waals surface area contributed by atoms with Crippen molar-refractivity contribution in [2.45, 2.75) is 19.9 Å². The van der Waals surface area contributed by atoms with Crippen LogP contribution >= 0.6 is 0 Å². The van der Waals surface area contributed by atoms with Crippen LogP contribution in [-0.2, 0) is 0 Å². The molecule has 1 unspecified atom stereocenters. The first kappa shape index (κ1) is 19.8. The highest BCUT2D eigenvalue weighted by atomic mass is 15.4. The molecule has 0 spiro atoms. The zero-order chi connectivity index (χ0) is 19.9. The van der Waals surface area contributed by atoms with Crippen molar-refractivity contribution in [1.29, 1.82) is 0 Å². The van der Waals surface area contributed by atoms with Crippen molar-refractivity contribution in [1.82, 2.24) is 24.7 Å². The molecule has 1 aromatic carbocycles. The number of anilines is 1. The summed E-state index contributed by atoms with van der Waals surface area (Å²) in [5, 5.41) is 16.7. The van der Waals surface area contributed by atoms with Crippen molar-refractivity contribution < 1.29 is 0 Å². The van der Waals surface area contributed by atoms with Gasteiger partial charge in [-0.25, -0.2) is 0 Å². The molecular formula is C22H28N6. The van der Waals surface area contributed by atoms with Gasteiger partial charge in [0, 0.05) is 31.2 Å². The number of fused-ring (bicyclic) bond motifs is 1. The van der Waals surface area contributed by atoms with Gasteiger partial charge in [0.15, 0.2) is 11.5 Å². The number of aromatic nitrogens is 4. The first-order valence-corrected chi connectivity index (χ1v) is 9.61. The molecule has 0 amide bonds. The van der Waals surface area contributed by atoms with Gasteiger partial charge in [0.05, 0.1) is 0 Å². The predicted octanol–water partition coefficient (Wildman–Crippen LogP) is 3.90. The predicted molar refractivity (Wildman–Crippen MR) is 115 cm³/mol. The molecule has 0 saturated heterocycles. The maximum Gasteiger partial charge on any atom is 0.185 e. The highest BCUT2D eigenvalue weighted by Gasteiger charge is 2.20. The molecule has 0 aliphatic heterocycles. The molecule has 2 heterocycles. The van der Waals surface area contributed by atoms with Crippen molar-refractivity contribution in [2.24, 2.45) is 5.92 Å². The summed E-state index contributed by atoms with van der Waals surface area (Å²) in [6, 6.07) is 14.2. The van der Waals surface area contributed by atoms with E-state index in [0.29, 0.717) is 12.0 Å². The highest BCUT2D eigenvalue weighted by molar-refractivity contribution is 5.59. The summed E-state index contributed by atoms with van der Waals surface area (Å²) in [6.07, 6.45) is 3.87. The molecule has 0 bridgehead atoms. The molecule has 3 aromatic rings. The van der Waals surface area contributed by atoms with Gasteiger partial charge < -0.3 is 5.32 Å². The second kappa shape index (κ2) is 9.28. The lowest BCUT2D eigenvalue weighted by Crippen LogP contribution is -2.44. The Labute approximate surface area is 166 Å². The fourth-order valence-electron chi connectivity index (χ4n) is 3.32. The Morgan fingerprint density at radius 3 is 2.39 bits per heavy atom. The van der Waals surface area contributed by atoms with E-state index in [1.807, 2.05) is 54.6 Å². The van der Waals surface area contributed by atoms with Crippen molar-refractivity contribution in [3.63, 3.8) is 0 Å². The fourth-order valence-corrected chi connectivity index (χ4v) is 3.32. The van der Waals surface area contributed by atoms with Crippen LogP contribution in [0.15, 0.2) is 67.8 Å². The number of hydrogen-bond acceptors (Lipinski definition) is 5. The van der Waals surface area contributed by atoms with Crippen LogP contribution in [0.3, 0.4) is 0 Å². The summed E-state index contributed by atoms with van der Waals surface area (Å²) < 4.78 is 1.79. The molecule has 0 saturated carbocycles. The Balaban J connectivity index is 1.81. The molecular weight excluding hydrogens is 348 g/mol. The number of rotatable bonds is 10. The second-order valence-corrected chi connectivity index (χ2v) is 7.10. The largest absolute Gasteiger partial charge is 0.367 e. The van der Waals surface area contributed by atoms with E-state index in [0.717, 1.165) is 42.5 Å². The summed E-state index contributed by atoms with van der Waals surface area (Å²) in [7, 11) is 0. The Morgan fingerprint density at radius 2 is 1.75 bits per heavy atom. The average molecular weight is 377 g/mol. The lowest BCUT2D eigenvalue weighted by atomic mass is 10.0. The number of hydrogen-bond donors (Lipinski definition) is 1. The molecule has 1 N–H and O–H groups in total. The van der Waals surface area contributed by atoms with Gasteiger partial charge in [0.25, 0.3) is 0 Å². The van der Waals surface area contributed by atoms with Crippen LogP contribution in [-0.4, -0.2) is 50.4 Å². The third-order valence-electron chi connectivity index (χ3n) is 4.75. The zero-order valence-corrected chi connectivity index (χ0v) is 16.6. The Kier molecular flexibility index (Phi) is 6.55. The van der Waals surface area contributed by atoms with Gasteiger partial charge in [-0.05, 0) is 18.1 Å². The van der Waals surface area contributed by atoms with E-state index >= 15 is 0 Å². The van der Waals surface area contributed by atoms with Crippen LogP contribution in [0, 0.1) is 5.92 Å². The SMILES string of the molecule is C=CCN(CC=C)C(CNc1ccc2nnc(-c3ccccc3)n2n1)C(C)C. The van der Waals surface area contributed by atoms with Crippen molar-refractivity contribution in [2.75, 3.05) is 25.0 Å². The normalized spacial score (nSPS) is 12.4. The zero-order valence-electron chi connectivity index (χ0n) is 16.6. The molecule has 0 aliphatic rings. The van der Waals surface area contributed by atoms with E-state index < -0.39 is 0 Å². The van der Waals surface area contributed by atoms with Crippen LogP contribution in [0.1, 0.15) is 13.8 Å². The van der Waals surface area contributed by atoms with Gasteiger partial charge in [-0.1, -0.05) is 56.3 Å². The third-order valence-corrected chi connectivity index (χ3v) is 4.75. The van der Waals surface area contributed by atoms with Crippen LogP contribution < -0.4 is 5.32 Å². The molecule has 3 rings (SSSR count). The summed E-state index contributed by atoms with van der Waals surface area (Å²) in [6.45, 7) is 14.7. The molecule has 0 aliphatic carbocycles.